The van der Waals surface area contributed by atoms with E-state index < -0.39 is 37.1 Å². The number of nitrogen functional groups attached to an aromatic ring is 1. The molecule has 1 saturated heterocycles. The Morgan fingerprint density at radius 2 is 1.89 bits per heavy atom. The van der Waals surface area contributed by atoms with Crippen molar-refractivity contribution in [3.63, 3.8) is 0 Å². The van der Waals surface area contributed by atoms with Crippen LogP contribution in [0.4, 0.5) is 5.95 Å². The molecule has 0 spiro atoms. The average molecular weight is 497 g/mol. The number of H-pyrrole nitrogens is 1. The van der Waals surface area contributed by atoms with E-state index in [1.54, 1.807) is 4.57 Å². The fourth-order valence-corrected chi connectivity index (χ4v) is 3.31. The minimum absolute atomic E-state index is 0.0371. The molecule has 10 N–H and O–H groups in total. The molecule has 0 unspecified atom stereocenters. The molecule has 4 rings (SSSR count). The number of ether oxygens (including phenoxy) is 1. The van der Waals surface area contributed by atoms with Crippen LogP contribution in [0, 0.1) is 5.92 Å². The Balaban J connectivity index is 0.000000196. The van der Waals surface area contributed by atoms with Crippen LogP contribution in [0.15, 0.2) is 17.4 Å². The van der Waals surface area contributed by atoms with Gasteiger partial charge in [0.1, 0.15) is 24.6 Å². The molecular weight excluding hydrogens is 470 g/mol. The lowest BCUT2D eigenvalue weighted by Gasteiger charge is -2.13. The van der Waals surface area contributed by atoms with Gasteiger partial charge in [-0.3, -0.25) is 14.6 Å². The van der Waals surface area contributed by atoms with Crippen molar-refractivity contribution in [3.05, 3.63) is 28.8 Å². The Morgan fingerprint density at radius 3 is 2.46 bits per heavy atom. The zero-order valence-corrected chi connectivity index (χ0v) is 18.4. The van der Waals surface area contributed by atoms with Crippen molar-refractivity contribution >= 4 is 23.0 Å². The minimum Gasteiger partial charge on any atom is -0.396 e. The first kappa shape index (κ1) is 26.1. The zero-order valence-electron chi connectivity index (χ0n) is 18.4. The number of amides is 1. The van der Waals surface area contributed by atoms with Gasteiger partial charge in [-0.2, -0.15) is 4.98 Å². The van der Waals surface area contributed by atoms with E-state index in [4.69, 9.17) is 31.5 Å². The quantitative estimate of drug-likeness (QED) is 0.146. The first-order valence-electron chi connectivity index (χ1n) is 10.5. The molecule has 0 radical (unpaired) electrons. The molecule has 0 saturated carbocycles. The number of primary amides is 1. The van der Waals surface area contributed by atoms with Crippen molar-refractivity contribution in [2.24, 2.45) is 11.7 Å². The van der Waals surface area contributed by atoms with Gasteiger partial charge in [-0.25, -0.2) is 14.6 Å². The van der Waals surface area contributed by atoms with Gasteiger partial charge in [0.05, 0.1) is 12.9 Å². The summed E-state index contributed by atoms with van der Waals surface area (Å²) in [5.41, 5.74) is 10.7. The molecule has 3 aromatic heterocycles. The average Bonchev–Trinajstić information content (AvgIpc) is 3.54. The molecule has 35 heavy (non-hydrogen) atoms. The molecule has 4 atom stereocenters. The van der Waals surface area contributed by atoms with Crippen molar-refractivity contribution < 1.29 is 35.1 Å². The monoisotopic (exact) mass is 497 g/mol. The third kappa shape index (κ3) is 5.78. The molecule has 17 heteroatoms. The summed E-state index contributed by atoms with van der Waals surface area (Å²) in [5.74, 6) is -1.19. The molecule has 192 valence electrons. The van der Waals surface area contributed by atoms with Crippen LogP contribution in [-0.2, 0) is 11.3 Å². The van der Waals surface area contributed by atoms with Crippen molar-refractivity contribution in [1.29, 1.82) is 0 Å². The van der Waals surface area contributed by atoms with Crippen LogP contribution >= 0.6 is 0 Å². The van der Waals surface area contributed by atoms with Crippen LogP contribution in [0.1, 0.15) is 23.3 Å². The molecule has 1 aliphatic rings. The number of aliphatic hydroxyl groups excluding tert-OH is 5. The fraction of sp³-hybridized carbons (Fsp3) is 0.556. The lowest BCUT2D eigenvalue weighted by Crippen LogP contribution is -2.33. The van der Waals surface area contributed by atoms with E-state index in [9.17, 15) is 19.8 Å². The number of anilines is 1. The number of nitrogens with two attached hydrogens (primary N) is 2. The van der Waals surface area contributed by atoms with E-state index in [0.29, 0.717) is 18.6 Å². The normalized spacial score (nSPS) is 21.9. The third-order valence-electron chi connectivity index (χ3n) is 5.29. The molecule has 1 aliphatic heterocycles. The first-order chi connectivity index (χ1) is 16.7. The summed E-state index contributed by atoms with van der Waals surface area (Å²) in [7, 11) is 0. The maximum atomic E-state index is 11.5. The lowest BCUT2D eigenvalue weighted by molar-refractivity contribution is -0.0588. The molecule has 17 nitrogen and oxygen atoms in total. The summed E-state index contributed by atoms with van der Waals surface area (Å²) in [4.78, 5) is 36.3. The number of nitrogens with zero attached hydrogens (tertiary/aromatic N) is 6. The largest absolute Gasteiger partial charge is 0.396 e. The van der Waals surface area contributed by atoms with E-state index >= 15 is 0 Å². The number of carbonyl (C=O) groups is 1. The van der Waals surface area contributed by atoms with Gasteiger partial charge in [0, 0.05) is 25.7 Å². The molecule has 3 aromatic rings. The Morgan fingerprint density at radius 1 is 1.17 bits per heavy atom. The standard InChI is InChI=1S/C10H15N5O3.C8H12N4O5/c11-10-13-8-7(9(18)14-10)12-5-15(8)2-1-6(3-16)4-17;9-6(16)7-10-2-12(11-7)8-5(15)4(14)3(1-13)17-8/h5-6,16-17H,1-4H2,(H3,11,13,14,18);2-5,8,13-15H,1H2,(H2,9,16)/t;3-,4-,5-,8-/m.1/s1. The predicted molar refractivity (Wildman–Crippen MR) is 116 cm³/mol. The Bertz CT molecular complexity index is 1190. The number of aromatic nitrogens is 7. The van der Waals surface area contributed by atoms with E-state index in [-0.39, 0.29) is 42.0 Å². The number of aryl methyl sites for hydroxylation is 1. The van der Waals surface area contributed by atoms with E-state index in [0.717, 1.165) is 11.0 Å². The molecule has 1 amide bonds. The zero-order chi connectivity index (χ0) is 25.7. The second kappa shape index (κ2) is 11.3. The third-order valence-corrected chi connectivity index (χ3v) is 5.29. The van der Waals surface area contributed by atoms with Crippen molar-refractivity contribution in [3.8, 4) is 0 Å². The number of nitrogens with one attached hydrogen (secondary N) is 1. The van der Waals surface area contributed by atoms with Gasteiger partial charge in [-0.15, -0.1) is 5.10 Å². The van der Waals surface area contributed by atoms with Gasteiger partial charge in [-0.05, 0) is 6.42 Å². The minimum atomic E-state index is -1.27. The SMILES string of the molecule is NC(=O)c1ncn([C@@H]2O[C@H](CO)[C@@H](O)[C@H]2O)n1.Nc1nc2c(ncn2CCC(CO)CO)c(=O)[nH]1. The van der Waals surface area contributed by atoms with Crippen LogP contribution in [-0.4, -0.2) is 104 Å². The topological polar surface area (TPSA) is 274 Å². The maximum absolute atomic E-state index is 11.5. The van der Waals surface area contributed by atoms with E-state index in [1.165, 1.54) is 6.33 Å². The number of fused-ring (bicyclic) bond motifs is 1. The molecule has 1 fully saturated rings. The summed E-state index contributed by atoms with van der Waals surface area (Å²) in [5, 5.41) is 49.7. The molecule has 0 aromatic carbocycles. The fourth-order valence-electron chi connectivity index (χ4n) is 3.31. The summed E-state index contributed by atoms with van der Waals surface area (Å²) in [6, 6.07) is 0. The van der Waals surface area contributed by atoms with Gasteiger partial charge >= 0.3 is 0 Å². The summed E-state index contributed by atoms with van der Waals surface area (Å²) in [6.07, 6.45) is -1.20. The Hall–Kier alpha value is -3.48. The molecule has 4 heterocycles. The summed E-state index contributed by atoms with van der Waals surface area (Å²) < 4.78 is 7.93. The van der Waals surface area contributed by atoms with Crippen LogP contribution in [0.25, 0.3) is 11.2 Å². The number of aromatic amines is 1. The van der Waals surface area contributed by atoms with E-state index in [2.05, 4.69) is 25.0 Å². The number of imidazole rings is 1. The second-order valence-corrected chi connectivity index (χ2v) is 7.72. The second-order valence-electron chi connectivity index (χ2n) is 7.72. The van der Waals surface area contributed by atoms with Gasteiger partial charge in [0.2, 0.25) is 11.8 Å². The number of rotatable bonds is 8. The van der Waals surface area contributed by atoms with Gasteiger partial charge in [0.25, 0.3) is 11.5 Å². The van der Waals surface area contributed by atoms with Crippen LogP contribution < -0.4 is 17.0 Å². The van der Waals surface area contributed by atoms with Gasteiger partial charge in [-0.1, -0.05) is 0 Å². The lowest BCUT2D eigenvalue weighted by atomic mass is 10.1. The summed E-state index contributed by atoms with van der Waals surface area (Å²) >= 11 is 0. The first-order valence-corrected chi connectivity index (χ1v) is 10.5. The van der Waals surface area contributed by atoms with Crippen LogP contribution in [0.2, 0.25) is 0 Å². The van der Waals surface area contributed by atoms with Crippen LogP contribution in [0.3, 0.4) is 0 Å². The van der Waals surface area contributed by atoms with Crippen molar-refractivity contribution in [1.82, 2.24) is 34.3 Å². The highest BCUT2D eigenvalue weighted by molar-refractivity contribution is 5.88. The summed E-state index contributed by atoms with van der Waals surface area (Å²) in [6.45, 7) is -0.108. The Labute approximate surface area is 196 Å². The van der Waals surface area contributed by atoms with Crippen molar-refractivity contribution in [2.45, 2.75) is 37.5 Å². The predicted octanol–water partition coefficient (Wildman–Crippen LogP) is -4.32. The van der Waals surface area contributed by atoms with Crippen LogP contribution in [0.5, 0.6) is 0 Å². The van der Waals surface area contributed by atoms with E-state index in [1.807, 2.05) is 0 Å². The molecule has 0 bridgehead atoms. The number of carbonyl (C=O) groups excluding carboxylic acids is 1. The maximum Gasteiger partial charge on any atom is 0.288 e. The molecular formula is C18H27N9O8. The Kier molecular flexibility index (Phi) is 8.43. The highest BCUT2D eigenvalue weighted by Gasteiger charge is 2.44. The smallest absolute Gasteiger partial charge is 0.288 e. The number of aliphatic hydroxyl groups is 5. The number of hydrogen-bond acceptors (Lipinski definition) is 13. The van der Waals surface area contributed by atoms with Gasteiger partial charge < -0.3 is 46.3 Å². The van der Waals surface area contributed by atoms with Gasteiger partial charge in [0.15, 0.2) is 17.4 Å². The highest BCUT2D eigenvalue weighted by atomic mass is 16.6. The number of hydrogen-bond donors (Lipinski definition) is 8. The molecule has 0 aliphatic carbocycles. The highest BCUT2D eigenvalue weighted by Crippen LogP contribution is 2.28. The van der Waals surface area contributed by atoms with Crippen molar-refractivity contribution in [2.75, 3.05) is 25.6 Å².